The fourth-order valence-corrected chi connectivity index (χ4v) is 2.43. The van der Waals surface area contributed by atoms with Crippen molar-refractivity contribution in [3.63, 3.8) is 0 Å². The van der Waals surface area contributed by atoms with Crippen molar-refractivity contribution in [3.8, 4) is 0 Å². The lowest BCUT2D eigenvalue weighted by molar-refractivity contribution is 0.0852. The van der Waals surface area contributed by atoms with Crippen LogP contribution in [0.5, 0.6) is 0 Å². The monoisotopic (exact) mass is 324 g/mol. The van der Waals surface area contributed by atoms with E-state index in [0.717, 1.165) is 0 Å². The number of nitrogens with zero attached hydrogens (tertiary/aromatic N) is 3. The van der Waals surface area contributed by atoms with Crippen molar-refractivity contribution >= 4 is 40.8 Å². The molecule has 0 saturated carbocycles. The van der Waals surface area contributed by atoms with Crippen molar-refractivity contribution in [2.75, 3.05) is 18.4 Å². The quantitative estimate of drug-likeness (QED) is 0.922. The van der Waals surface area contributed by atoms with Crippen LogP contribution >= 0.6 is 23.2 Å². The Kier molecular flexibility index (Phi) is 3.81. The third-order valence-electron chi connectivity index (χ3n) is 2.94. The molecule has 1 aliphatic heterocycles. The molecule has 3 rings (SSSR count). The van der Waals surface area contributed by atoms with Crippen LogP contribution in [0.15, 0.2) is 40.3 Å². The molecule has 1 N–H and O–H groups in total. The highest BCUT2D eigenvalue weighted by Crippen LogP contribution is 2.30. The summed E-state index contributed by atoms with van der Waals surface area (Å²) in [5.41, 5.74) is 0.732. The molecule has 8 heteroatoms. The Bertz CT molecular complexity index is 680. The Morgan fingerprint density at radius 3 is 2.76 bits per heavy atom. The normalized spacial score (nSPS) is 14.2. The summed E-state index contributed by atoms with van der Waals surface area (Å²) in [6.07, 6.45) is 2.50. The minimum Gasteiger partial charge on any atom is -0.451 e. The Labute approximate surface area is 130 Å². The van der Waals surface area contributed by atoms with Crippen LogP contribution < -0.4 is 5.32 Å². The van der Waals surface area contributed by atoms with E-state index in [2.05, 4.69) is 15.3 Å². The molecular weight excluding hydrogens is 315 g/mol. The Morgan fingerprint density at radius 2 is 2.10 bits per heavy atom. The van der Waals surface area contributed by atoms with Crippen molar-refractivity contribution in [1.82, 2.24) is 9.88 Å². The first-order valence-electron chi connectivity index (χ1n) is 6.12. The molecular formula is C13H10Cl2N4O2. The summed E-state index contributed by atoms with van der Waals surface area (Å²) in [4.78, 5) is 21.9. The van der Waals surface area contributed by atoms with Crippen LogP contribution in [-0.4, -0.2) is 34.8 Å². The van der Waals surface area contributed by atoms with Gasteiger partial charge in [-0.05, 0) is 12.1 Å². The highest BCUT2D eigenvalue weighted by Gasteiger charge is 2.27. The smallest absolute Gasteiger partial charge is 0.282 e. The number of para-hydroxylation sites is 1. The maximum absolute atomic E-state index is 12.3. The second kappa shape index (κ2) is 5.75. The van der Waals surface area contributed by atoms with Crippen LogP contribution in [0.25, 0.3) is 0 Å². The van der Waals surface area contributed by atoms with Gasteiger partial charge in [-0.3, -0.25) is 14.7 Å². The number of hydrogen-bond donors (Lipinski definition) is 1. The van der Waals surface area contributed by atoms with Crippen LogP contribution in [0.4, 0.5) is 5.69 Å². The average molecular weight is 325 g/mol. The number of nitrogens with one attached hydrogen (secondary N) is 1. The first kappa shape index (κ1) is 13.9. The van der Waals surface area contributed by atoms with Crippen molar-refractivity contribution in [3.05, 3.63) is 46.6 Å². The SMILES string of the molecule is O=C(c1cocn1)N1CCN=C1Nc1c(Cl)cccc1Cl. The molecule has 1 aromatic carbocycles. The van der Waals surface area contributed by atoms with E-state index in [-0.39, 0.29) is 11.6 Å². The number of rotatable bonds is 2. The number of anilines is 1. The van der Waals surface area contributed by atoms with Gasteiger partial charge in [0, 0.05) is 6.54 Å². The summed E-state index contributed by atoms with van der Waals surface area (Å²) >= 11 is 12.2. The zero-order valence-electron chi connectivity index (χ0n) is 10.7. The van der Waals surface area contributed by atoms with Gasteiger partial charge in [0.1, 0.15) is 6.26 Å². The van der Waals surface area contributed by atoms with Crippen LogP contribution in [0.2, 0.25) is 10.0 Å². The number of halogens is 2. The number of aromatic nitrogens is 1. The van der Waals surface area contributed by atoms with E-state index in [0.29, 0.717) is 34.8 Å². The molecule has 0 unspecified atom stereocenters. The zero-order valence-corrected chi connectivity index (χ0v) is 12.2. The predicted molar refractivity (Wildman–Crippen MR) is 79.9 cm³/mol. The standard InChI is InChI=1S/C13H10Cl2N4O2/c14-8-2-1-3-9(15)11(8)18-13-16-4-5-19(13)12(20)10-6-21-7-17-10/h1-3,6-7H,4-5H2,(H,16,18). The number of guanidine groups is 1. The van der Waals surface area contributed by atoms with Crippen LogP contribution in [-0.2, 0) is 0 Å². The third-order valence-corrected chi connectivity index (χ3v) is 3.57. The summed E-state index contributed by atoms with van der Waals surface area (Å²) in [5, 5.41) is 3.90. The van der Waals surface area contributed by atoms with Gasteiger partial charge in [0.15, 0.2) is 12.1 Å². The number of aliphatic imine (C=N–C) groups is 1. The molecule has 2 heterocycles. The lowest BCUT2D eigenvalue weighted by Crippen LogP contribution is -2.38. The van der Waals surface area contributed by atoms with Crippen molar-refractivity contribution in [2.45, 2.75) is 0 Å². The number of amides is 1. The Morgan fingerprint density at radius 1 is 1.33 bits per heavy atom. The fraction of sp³-hybridized carbons (Fsp3) is 0.154. The van der Waals surface area contributed by atoms with Crippen LogP contribution in [0.3, 0.4) is 0 Å². The van der Waals surface area contributed by atoms with Gasteiger partial charge in [0.2, 0.25) is 5.96 Å². The van der Waals surface area contributed by atoms with E-state index in [1.807, 2.05) is 0 Å². The van der Waals surface area contributed by atoms with Crippen LogP contribution in [0, 0.1) is 0 Å². The van der Waals surface area contributed by atoms with Crippen LogP contribution in [0.1, 0.15) is 10.5 Å². The maximum Gasteiger partial charge on any atom is 0.282 e. The minimum absolute atomic E-state index is 0.219. The zero-order chi connectivity index (χ0) is 14.8. The lowest BCUT2D eigenvalue weighted by atomic mass is 10.3. The molecule has 2 aromatic rings. The predicted octanol–water partition coefficient (Wildman–Crippen LogP) is 2.91. The molecule has 0 bridgehead atoms. The van der Waals surface area contributed by atoms with Gasteiger partial charge in [-0.2, -0.15) is 0 Å². The summed E-state index contributed by atoms with van der Waals surface area (Å²) in [6, 6.07) is 5.15. The van der Waals surface area contributed by atoms with Crippen molar-refractivity contribution in [1.29, 1.82) is 0 Å². The molecule has 0 spiro atoms. The molecule has 108 valence electrons. The fourth-order valence-electron chi connectivity index (χ4n) is 1.94. The number of carbonyl (C=O) groups is 1. The average Bonchev–Trinajstić information content (AvgIpc) is 3.13. The Balaban J connectivity index is 1.84. The minimum atomic E-state index is -0.296. The number of oxazole rings is 1. The molecule has 0 aliphatic carbocycles. The first-order valence-corrected chi connectivity index (χ1v) is 6.88. The van der Waals surface area contributed by atoms with E-state index in [9.17, 15) is 4.79 Å². The van der Waals surface area contributed by atoms with Crippen molar-refractivity contribution < 1.29 is 9.21 Å². The van der Waals surface area contributed by atoms with Gasteiger partial charge >= 0.3 is 0 Å². The van der Waals surface area contributed by atoms with E-state index in [1.54, 1.807) is 18.2 Å². The number of hydrogen-bond acceptors (Lipinski definition) is 5. The lowest BCUT2D eigenvalue weighted by Gasteiger charge is -2.19. The van der Waals surface area contributed by atoms with E-state index < -0.39 is 0 Å². The Hall–Kier alpha value is -2.05. The van der Waals surface area contributed by atoms with E-state index in [4.69, 9.17) is 27.6 Å². The van der Waals surface area contributed by atoms with Gasteiger partial charge < -0.3 is 9.73 Å². The molecule has 0 radical (unpaired) electrons. The second-order valence-corrected chi connectivity index (χ2v) is 5.07. The molecule has 21 heavy (non-hydrogen) atoms. The third kappa shape index (κ3) is 2.72. The van der Waals surface area contributed by atoms with Gasteiger partial charge in [-0.15, -0.1) is 0 Å². The molecule has 1 aromatic heterocycles. The molecule has 0 fully saturated rings. The topological polar surface area (TPSA) is 70.7 Å². The van der Waals surface area contributed by atoms with Gasteiger partial charge in [0.25, 0.3) is 5.91 Å². The molecule has 6 nitrogen and oxygen atoms in total. The molecule has 0 saturated heterocycles. The summed E-state index contributed by atoms with van der Waals surface area (Å²) in [5.74, 6) is 0.0914. The molecule has 0 atom stereocenters. The van der Waals surface area contributed by atoms with E-state index in [1.165, 1.54) is 17.6 Å². The largest absolute Gasteiger partial charge is 0.451 e. The highest BCUT2D eigenvalue weighted by molar-refractivity contribution is 6.39. The van der Waals surface area contributed by atoms with Crippen molar-refractivity contribution in [2.24, 2.45) is 4.99 Å². The van der Waals surface area contributed by atoms with Gasteiger partial charge in [-0.25, -0.2) is 4.98 Å². The first-order chi connectivity index (χ1) is 10.2. The van der Waals surface area contributed by atoms with E-state index >= 15 is 0 Å². The molecule has 1 aliphatic rings. The summed E-state index contributed by atoms with van der Waals surface area (Å²) in [6.45, 7) is 0.949. The number of carbonyl (C=O) groups excluding carboxylic acids is 1. The summed E-state index contributed by atoms with van der Waals surface area (Å²) < 4.78 is 4.83. The second-order valence-electron chi connectivity index (χ2n) is 4.26. The highest BCUT2D eigenvalue weighted by atomic mass is 35.5. The van der Waals surface area contributed by atoms with Gasteiger partial charge in [0.05, 0.1) is 22.3 Å². The summed E-state index contributed by atoms with van der Waals surface area (Å²) in [7, 11) is 0. The van der Waals surface area contributed by atoms with Gasteiger partial charge in [-0.1, -0.05) is 29.3 Å². The maximum atomic E-state index is 12.3. The number of benzene rings is 1. The molecule has 1 amide bonds.